The van der Waals surface area contributed by atoms with Crippen LogP contribution in [0.3, 0.4) is 0 Å². The summed E-state index contributed by atoms with van der Waals surface area (Å²) in [7, 11) is 0. The number of nitrogens with two attached hydrogens (primary N) is 1. The molecule has 1 aromatic carbocycles. The third-order valence-electron chi connectivity index (χ3n) is 2.51. The SMILES string of the molecule is Nc1cc(Br)cc2nc(-c3cccc(F)c3)nn12. The monoisotopic (exact) mass is 306 g/mol. The van der Waals surface area contributed by atoms with E-state index in [0.717, 1.165) is 4.47 Å². The molecule has 3 rings (SSSR count). The molecule has 3 aromatic rings. The Morgan fingerprint density at radius 2 is 2.06 bits per heavy atom. The highest BCUT2D eigenvalue weighted by molar-refractivity contribution is 9.10. The van der Waals surface area contributed by atoms with E-state index in [2.05, 4.69) is 26.0 Å². The summed E-state index contributed by atoms with van der Waals surface area (Å²) in [5.74, 6) is 0.592. The normalized spacial score (nSPS) is 11.0. The lowest BCUT2D eigenvalue weighted by atomic mass is 10.2. The summed E-state index contributed by atoms with van der Waals surface area (Å²) in [6.45, 7) is 0. The van der Waals surface area contributed by atoms with Crippen LogP contribution in [0.4, 0.5) is 10.2 Å². The van der Waals surface area contributed by atoms with Crippen molar-refractivity contribution >= 4 is 27.4 Å². The summed E-state index contributed by atoms with van der Waals surface area (Å²) in [4.78, 5) is 4.32. The fraction of sp³-hybridized carbons (Fsp3) is 0. The van der Waals surface area contributed by atoms with Gasteiger partial charge in [-0.15, -0.1) is 5.10 Å². The Balaban J connectivity index is 2.22. The quantitative estimate of drug-likeness (QED) is 0.752. The number of benzene rings is 1. The number of nitrogens with zero attached hydrogens (tertiary/aromatic N) is 3. The fourth-order valence-electron chi connectivity index (χ4n) is 1.72. The molecule has 0 radical (unpaired) electrons. The molecule has 0 aliphatic carbocycles. The minimum Gasteiger partial charge on any atom is -0.384 e. The number of rotatable bonds is 1. The maximum atomic E-state index is 13.2. The number of nitrogen functional groups attached to an aromatic ring is 1. The lowest BCUT2D eigenvalue weighted by molar-refractivity contribution is 0.628. The van der Waals surface area contributed by atoms with Gasteiger partial charge >= 0.3 is 0 Å². The smallest absolute Gasteiger partial charge is 0.182 e. The lowest BCUT2D eigenvalue weighted by Crippen LogP contribution is -1.97. The summed E-state index contributed by atoms with van der Waals surface area (Å²) < 4.78 is 15.5. The van der Waals surface area contributed by atoms with Gasteiger partial charge in [-0.3, -0.25) is 0 Å². The Hall–Kier alpha value is -1.95. The molecule has 0 aliphatic heterocycles. The van der Waals surface area contributed by atoms with Crippen LogP contribution in [0.15, 0.2) is 40.9 Å². The molecule has 0 saturated heterocycles. The standard InChI is InChI=1S/C12H8BrFN4/c13-8-5-10(15)18-11(6-8)16-12(17-18)7-2-1-3-9(14)4-7/h1-6H,15H2. The van der Waals surface area contributed by atoms with Crippen LogP contribution >= 0.6 is 15.9 Å². The van der Waals surface area contributed by atoms with E-state index in [4.69, 9.17) is 5.73 Å². The molecule has 0 unspecified atom stereocenters. The highest BCUT2D eigenvalue weighted by Crippen LogP contribution is 2.21. The van der Waals surface area contributed by atoms with Crippen LogP contribution in [0.2, 0.25) is 0 Å². The summed E-state index contributed by atoms with van der Waals surface area (Å²) in [6.07, 6.45) is 0. The largest absolute Gasteiger partial charge is 0.384 e. The number of aromatic nitrogens is 3. The molecule has 0 spiro atoms. The minimum atomic E-state index is -0.319. The van der Waals surface area contributed by atoms with Gasteiger partial charge in [-0.2, -0.15) is 4.52 Å². The molecular weight excluding hydrogens is 299 g/mol. The summed E-state index contributed by atoms with van der Waals surface area (Å²) in [5.41, 5.74) is 7.07. The molecule has 0 amide bonds. The number of anilines is 1. The molecule has 2 aromatic heterocycles. The molecule has 0 saturated carbocycles. The first-order valence-electron chi connectivity index (χ1n) is 5.21. The van der Waals surface area contributed by atoms with E-state index in [1.165, 1.54) is 16.6 Å². The number of pyridine rings is 1. The second kappa shape index (κ2) is 4.06. The number of fused-ring (bicyclic) bond motifs is 1. The molecule has 2 N–H and O–H groups in total. The van der Waals surface area contributed by atoms with E-state index < -0.39 is 0 Å². The molecule has 0 bridgehead atoms. The van der Waals surface area contributed by atoms with Gasteiger partial charge in [0.1, 0.15) is 11.6 Å². The maximum Gasteiger partial charge on any atom is 0.182 e. The third-order valence-corrected chi connectivity index (χ3v) is 2.97. The Morgan fingerprint density at radius 1 is 1.22 bits per heavy atom. The molecule has 6 heteroatoms. The molecular formula is C12H8BrFN4. The van der Waals surface area contributed by atoms with Crippen molar-refractivity contribution in [2.45, 2.75) is 0 Å². The van der Waals surface area contributed by atoms with Crippen molar-refractivity contribution in [3.8, 4) is 11.4 Å². The summed E-state index contributed by atoms with van der Waals surface area (Å²) >= 11 is 3.34. The number of hydrogen-bond donors (Lipinski definition) is 1. The second-order valence-corrected chi connectivity index (χ2v) is 4.73. The van der Waals surface area contributed by atoms with Crippen LogP contribution in [0.5, 0.6) is 0 Å². The van der Waals surface area contributed by atoms with Crippen LogP contribution in [-0.2, 0) is 0 Å². The second-order valence-electron chi connectivity index (χ2n) is 3.81. The topological polar surface area (TPSA) is 56.2 Å². The maximum absolute atomic E-state index is 13.2. The van der Waals surface area contributed by atoms with E-state index in [1.807, 2.05) is 0 Å². The first-order valence-corrected chi connectivity index (χ1v) is 6.00. The Labute approximate surface area is 110 Å². The highest BCUT2D eigenvalue weighted by Gasteiger charge is 2.09. The number of halogens is 2. The van der Waals surface area contributed by atoms with Crippen LogP contribution < -0.4 is 5.73 Å². The average molecular weight is 307 g/mol. The van der Waals surface area contributed by atoms with E-state index >= 15 is 0 Å². The molecule has 2 heterocycles. The van der Waals surface area contributed by atoms with Gasteiger partial charge in [-0.05, 0) is 24.3 Å². The summed E-state index contributed by atoms with van der Waals surface area (Å²) in [5, 5.41) is 4.26. The van der Waals surface area contributed by atoms with Crippen LogP contribution in [0, 0.1) is 5.82 Å². The van der Waals surface area contributed by atoms with Crippen molar-refractivity contribution in [3.05, 3.63) is 46.7 Å². The Morgan fingerprint density at radius 3 is 2.83 bits per heavy atom. The van der Waals surface area contributed by atoms with Gasteiger partial charge in [0.05, 0.1) is 0 Å². The average Bonchev–Trinajstić information content (AvgIpc) is 2.73. The molecule has 90 valence electrons. The molecule has 0 atom stereocenters. The Kier molecular flexibility index (Phi) is 2.52. The van der Waals surface area contributed by atoms with Crippen LogP contribution in [0.25, 0.3) is 17.0 Å². The molecule has 0 aliphatic rings. The van der Waals surface area contributed by atoms with Gasteiger partial charge < -0.3 is 5.73 Å². The van der Waals surface area contributed by atoms with Gasteiger partial charge in [0, 0.05) is 10.0 Å². The van der Waals surface area contributed by atoms with Gasteiger partial charge in [0.25, 0.3) is 0 Å². The van der Waals surface area contributed by atoms with Crippen LogP contribution in [-0.4, -0.2) is 14.6 Å². The zero-order valence-corrected chi connectivity index (χ0v) is 10.7. The zero-order chi connectivity index (χ0) is 12.7. The van der Waals surface area contributed by atoms with Gasteiger partial charge in [-0.1, -0.05) is 28.1 Å². The van der Waals surface area contributed by atoms with Crippen molar-refractivity contribution in [2.75, 3.05) is 5.73 Å². The minimum absolute atomic E-state index is 0.319. The van der Waals surface area contributed by atoms with E-state index in [9.17, 15) is 4.39 Å². The first kappa shape index (κ1) is 11.2. The van der Waals surface area contributed by atoms with Gasteiger partial charge in [0.15, 0.2) is 11.5 Å². The van der Waals surface area contributed by atoms with E-state index in [1.54, 1.807) is 24.3 Å². The van der Waals surface area contributed by atoms with Crippen molar-refractivity contribution in [2.24, 2.45) is 0 Å². The summed E-state index contributed by atoms with van der Waals surface area (Å²) in [6, 6.07) is 9.67. The number of hydrogen-bond acceptors (Lipinski definition) is 3. The fourth-order valence-corrected chi connectivity index (χ4v) is 2.16. The Bertz CT molecular complexity index is 738. The van der Waals surface area contributed by atoms with Gasteiger partial charge in [-0.25, -0.2) is 9.37 Å². The van der Waals surface area contributed by atoms with Crippen molar-refractivity contribution in [1.82, 2.24) is 14.6 Å². The third kappa shape index (κ3) is 1.84. The predicted molar refractivity (Wildman–Crippen MR) is 70.5 cm³/mol. The van der Waals surface area contributed by atoms with Crippen LogP contribution in [0.1, 0.15) is 0 Å². The van der Waals surface area contributed by atoms with Crippen molar-refractivity contribution in [1.29, 1.82) is 0 Å². The molecule has 0 fully saturated rings. The lowest BCUT2D eigenvalue weighted by Gasteiger charge is -1.97. The van der Waals surface area contributed by atoms with Crippen molar-refractivity contribution in [3.63, 3.8) is 0 Å². The predicted octanol–water partition coefficient (Wildman–Crippen LogP) is 2.88. The molecule has 18 heavy (non-hydrogen) atoms. The zero-order valence-electron chi connectivity index (χ0n) is 9.14. The highest BCUT2D eigenvalue weighted by atomic mass is 79.9. The first-order chi connectivity index (χ1) is 8.63. The van der Waals surface area contributed by atoms with Gasteiger partial charge in [0.2, 0.25) is 0 Å². The van der Waals surface area contributed by atoms with E-state index in [0.29, 0.717) is 22.9 Å². The van der Waals surface area contributed by atoms with Crippen molar-refractivity contribution < 1.29 is 4.39 Å². The van der Waals surface area contributed by atoms with E-state index in [-0.39, 0.29) is 5.82 Å². The molecule has 4 nitrogen and oxygen atoms in total.